The van der Waals surface area contributed by atoms with E-state index in [2.05, 4.69) is 38.1 Å². The molecule has 0 radical (unpaired) electrons. The van der Waals surface area contributed by atoms with E-state index in [1.807, 2.05) is 24.7 Å². The second-order valence-corrected chi connectivity index (χ2v) is 8.77. The van der Waals surface area contributed by atoms with Gasteiger partial charge in [0.2, 0.25) is 0 Å². The zero-order valence-corrected chi connectivity index (χ0v) is 17.7. The highest BCUT2D eigenvalue weighted by Crippen LogP contribution is 2.25. The Labute approximate surface area is 181 Å². The van der Waals surface area contributed by atoms with E-state index in [1.165, 1.54) is 10.9 Å². The van der Waals surface area contributed by atoms with E-state index in [1.54, 1.807) is 10.7 Å². The predicted octanol–water partition coefficient (Wildman–Crippen LogP) is 2.59. The molecule has 2 aromatic heterocycles. The fraction of sp³-hybridized carbons (Fsp3) is 0.458. The van der Waals surface area contributed by atoms with Gasteiger partial charge < -0.3 is 10.0 Å². The van der Waals surface area contributed by atoms with Crippen molar-refractivity contribution in [3.05, 3.63) is 64.8 Å². The molecule has 162 valence electrons. The standard InChI is InChI=1S/C24H29N5O2/c30-22-7-10-28(11-8-22)21-12-24(31)29(26-15-21)20-5-3-9-27(17-20)16-19-14-25-13-18-4-1-2-6-23(18)19/h1-2,4,6,12-15,20,22,30H,3,5,7-11,16-17H2/t20-/m1/s1. The summed E-state index contributed by atoms with van der Waals surface area (Å²) < 4.78 is 1.66. The number of rotatable bonds is 4. The summed E-state index contributed by atoms with van der Waals surface area (Å²) in [6, 6.07) is 10.1. The summed E-state index contributed by atoms with van der Waals surface area (Å²) in [6.45, 7) is 4.19. The molecule has 2 aliphatic heterocycles. The van der Waals surface area contributed by atoms with Crippen LogP contribution >= 0.6 is 0 Å². The molecule has 2 saturated heterocycles. The minimum absolute atomic E-state index is 0.0395. The average Bonchev–Trinajstić information content (AvgIpc) is 2.80. The zero-order chi connectivity index (χ0) is 21.2. The summed E-state index contributed by atoms with van der Waals surface area (Å²) in [5, 5.41) is 16.7. The van der Waals surface area contributed by atoms with E-state index in [4.69, 9.17) is 0 Å². The summed E-state index contributed by atoms with van der Waals surface area (Å²) in [6.07, 6.45) is 8.94. The molecule has 0 amide bonds. The summed E-state index contributed by atoms with van der Waals surface area (Å²) in [4.78, 5) is 21.8. The summed E-state index contributed by atoms with van der Waals surface area (Å²) >= 11 is 0. The van der Waals surface area contributed by atoms with Crippen LogP contribution in [0.15, 0.2) is 53.7 Å². The number of pyridine rings is 1. The molecule has 2 aliphatic rings. The van der Waals surface area contributed by atoms with Gasteiger partial charge in [0, 0.05) is 50.0 Å². The molecule has 0 saturated carbocycles. The Morgan fingerprint density at radius 1 is 1.03 bits per heavy atom. The maximum absolute atomic E-state index is 12.9. The number of likely N-dealkylation sites (tertiary alicyclic amines) is 1. The third-order valence-corrected chi connectivity index (χ3v) is 6.61. The second-order valence-electron chi connectivity index (χ2n) is 8.77. The number of nitrogens with zero attached hydrogens (tertiary/aromatic N) is 5. The predicted molar refractivity (Wildman–Crippen MR) is 121 cm³/mol. The first-order chi connectivity index (χ1) is 15.2. The molecule has 0 unspecified atom stereocenters. The number of hydrogen-bond donors (Lipinski definition) is 1. The lowest BCUT2D eigenvalue weighted by atomic mass is 10.0. The van der Waals surface area contributed by atoms with Crippen molar-refractivity contribution in [1.82, 2.24) is 19.7 Å². The number of anilines is 1. The van der Waals surface area contributed by atoms with Crippen LogP contribution < -0.4 is 10.5 Å². The lowest BCUT2D eigenvalue weighted by Crippen LogP contribution is -2.41. The molecular weight excluding hydrogens is 390 g/mol. The van der Waals surface area contributed by atoms with E-state index in [0.717, 1.165) is 69.5 Å². The smallest absolute Gasteiger partial charge is 0.269 e. The van der Waals surface area contributed by atoms with Crippen LogP contribution in [0.2, 0.25) is 0 Å². The Morgan fingerprint density at radius 2 is 1.87 bits per heavy atom. The molecule has 31 heavy (non-hydrogen) atoms. The normalized spacial score (nSPS) is 20.9. The van der Waals surface area contributed by atoms with Gasteiger partial charge in [0.05, 0.1) is 24.0 Å². The Bertz CT molecular complexity index is 1100. The average molecular weight is 420 g/mol. The Morgan fingerprint density at radius 3 is 2.71 bits per heavy atom. The number of aliphatic hydroxyl groups excluding tert-OH is 1. The molecule has 1 N–H and O–H groups in total. The van der Waals surface area contributed by atoms with Crippen LogP contribution in [0.5, 0.6) is 0 Å². The first kappa shape index (κ1) is 20.2. The van der Waals surface area contributed by atoms with E-state index in [0.29, 0.717) is 0 Å². The first-order valence-corrected chi connectivity index (χ1v) is 11.2. The highest BCUT2D eigenvalue weighted by atomic mass is 16.3. The Kier molecular flexibility index (Phi) is 5.70. The van der Waals surface area contributed by atoms with Crippen LogP contribution in [0.1, 0.15) is 37.3 Å². The van der Waals surface area contributed by atoms with Gasteiger partial charge in [0.25, 0.3) is 5.56 Å². The van der Waals surface area contributed by atoms with Gasteiger partial charge in [-0.2, -0.15) is 5.10 Å². The topological polar surface area (TPSA) is 74.5 Å². The van der Waals surface area contributed by atoms with Crippen LogP contribution in [0, 0.1) is 0 Å². The first-order valence-electron chi connectivity index (χ1n) is 11.2. The Hall–Kier alpha value is -2.77. The largest absolute Gasteiger partial charge is 0.393 e. The number of fused-ring (bicyclic) bond motifs is 1. The van der Waals surface area contributed by atoms with Crippen molar-refractivity contribution >= 4 is 16.5 Å². The van der Waals surface area contributed by atoms with Crippen molar-refractivity contribution in [2.45, 2.75) is 44.4 Å². The minimum atomic E-state index is -0.227. The maximum atomic E-state index is 12.9. The number of hydrogen-bond acceptors (Lipinski definition) is 6. The molecule has 5 rings (SSSR count). The SMILES string of the molecule is O=c1cc(N2CCC(O)CC2)cnn1[C@@H]1CCCN(Cc2cncc3ccccc23)C1. The van der Waals surface area contributed by atoms with E-state index < -0.39 is 0 Å². The van der Waals surface area contributed by atoms with Crippen LogP contribution in [0.25, 0.3) is 10.8 Å². The molecule has 3 aromatic rings. The van der Waals surface area contributed by atoms with Gasteiger partial charge in [-0.1, -0.05) is 24.3 Å². The molecule has 4 heterocycles. The van der Waals surface area contributed by atoms with Crippen molar-refractivity contribution < 1.29 is 5.11 Å². The van der Waals surface area contributed by atoms with Crippen LogP contribution in [0.3, 0.4) is 0 Å². The van der Waals surface area contributed by atoms with Crippen LogP contribution in [0.4, 0.5) is 5.69 Å². The third kappa shape index (κ3) is 4.34. The van der Waals surface area contributed by atoms with Gasteiger partial charge in [-0.3, -0.25) is 14.7 Å². The molecule has 0 spiro atoms. The van der Waals surface area contributed by atoms with Crippen LogP contribution in [-0.2, 0) is 6.54 Å². The third-order valence-electron chi connectivity index (χ3n) is 6.61. The van der Waals surface area contributed by atoms with Crippen molar-refractivity contribution in [1.29, 1.82) is 0 Å². The van der Waals surface area contributed by atoms with Crippen molar-refractivity contribution in [3.63, 3.8) is 0 Å². The van der Waals surface area contributed by atoms with Crippen molar-refractivity contribution in [2.24, 2.45) is 0 Å². The number of benzene rings is 1. The molecule has 7 nitrogen and oxygen atoms in total. The van der Waals surface area contributed by atoms with Crippen molar-refractivity contribution in [3.8, 4) is 0 Å². The number of piperidine rings is 2. The summed E-state index contributed by atoms with van der Waals surface area (Å²) in [7, 11) is 0. The fourth-order valence-electron chi connectivity index (χ4n) is 4.90. The molecule has 7 heteroatoms. The highest BCUT2D eigenvalue weighted by molar-refractivity contribution is 5.84. The highest BCUT2D eigenvalue weighted by Gasteiger charge is 2.24. The molecule has 1 aromatic carbocycles. The number of aliphatic hydroxyl groups is 1. The van der Waals surface area contributed by atoms with Gasteiger partial charge in [-0.05, 0) is 43.2 Å². The summed E-state index contributed by atoms with van der Waals surface area (Å²) in [5.41, 5.74) is 2.05. The maximum Gasteiger partial charge on any atom is 0.269 e. The van der Waals surface area contributed by atoms with Gasteiger partial charge in [-0.25, -0.2) is 4.68 Å². The second kappa shape index (κ2) is 8.77. The Balaban J connectivity index is 1.30. The van der Waals surface area contributed by atoms with Crippen LogP contribution in [-0.4, -0.2) is 57.1 Å². The molecule has 0 bridgehead atoms. The lowest BCUT2D eigenvalue weighted by molar-refractivity contribution is 0.145. The van der Waals surface area contributed by atoms with Gasteiger partial charge in [-0.15, -0.1) is 0 Å². The fourth-order valence-corrected chi connectivity index (χ4v) is 4.90. The molecule has 1 atom stereocenters. The van der Waals surface area contributed by atoms with E-state index in [9.17, 15) is 9.90 Å². The summed E-state index contributed by atoms with van der Waals surface area (Å²) in [5.74, 6) is 0. The number of aromatic nitrogens is 3. The molecule has 0 aliphatic carbocycles. The molecular formula is C24H29N5O2. The van der Waals surface area contributed by atoms with Gasteiger partial charge in [0.15, 0.2) is 0 Å². The quantitative estimate of drug-likeness (QED) is 0.701. The minimum Gasteiger partial charge on any atom is -0.393 e. The van der Waals surface area contributed by atoms with Gasteiger partial charge in [0.1, 0.15) is 0 Å². The monoisotopic (exact) mass is 419 g/mol. The zero-order valence-electron chi connectivity index (χ0n) is 17.7. The van der Waals surface area contributed by atoms with E-state index in [-0.39, 0.29) is 17.7 Å². The molecule has 2 fully saturated rings. The van der Waals surface area contributed by atoms with Crippen molar-refractivity contribution in [2.75, 3.05) is 31.1 Å². The van der Waals surface area contributed by atoms with E-state index >= 15 is 0 Å². The lowest BCUT2D eigenvalue weighted by Gasteiger charge is -2.34. The van der Waals surface area contributed by atoms with Gasteiger partial charge >= 0.3 is 0 Å².